The van der Waals surface area contributed by atoms with Crippen molar-refractivity contribution in [3.05, 3.63) is 33.9 Å². The summed E-state index contributed by atoms with van der Waals surface area (Å²) in [5.41, 5.74) is 1.02. The summed E-state index contributed by atoms with van der Waals surface area (Å²) < 4.78 is 5.57. The molecule has 1 N–H and O–H groups in total. The molecule has 0 amide bonds. The van der Waals surface area contributed by atoms with Gasteiger partial charge in [-0.05, 0) is 50.8 Å². The number of ether oxygens (including phenoxy) is 1. The van der Waals surface area contributed by atoms with Crippen LogP contribution in [0.3, 0.4) is 0 Å². The van der Waals surface area contributed by atoms with E-state index in [0.717, 1.165) is 24.9 Å². The lowest BCUT2D eigenvalue weighted by Gasteiger charge is -2.11. The summed E-state index contributed by atoms with van der Waals surface area (Å²) in [6.45, 7) is 3.54. The molecule has 1 fully saturated rings. The van der Waals surface area contributed by atoms with Gasteiger partial charge in [0.05, 0.1) is 11.5 Å². The van der Waals surface area contributed by atoms with Crippen molar-refractivity contribution < 1.29 is 9.66 Å². The Bertz CT molecular complexity index is 442. The van der Waals surface area contributed by atoms with Gasteiger partial charge < -0.3 is 10.1 Å². The Morgan fingerprint density at radius 2 is 2.37 bits per heavy atom. The molecule has 1 aliphatic rings. The number of nitrogens with zero attached hydrogens (tertiary/aromatic N) is 1. The van der Waals surface area contributed by atoms with Crippen LogP contribution in [0.2, 0.25) is 0 Å². The molecule has 0 spiro atoms. The maximum atomic E-state index is 10.9. The average molecular weight is 264 g/mol. The molecule has 1 unspecified atom stereocenters. The van der Waals surface area contributed by atoms with Gasteiger partial charge in [-0.2, -0.15) is 0 Å². The topological polar surface area (TPSA) is 64.4 Å². The molecule has 104 valence electrons. The van der Waals surface area contributed by atoms with Gasteiger partial charge in [-0.1, -0.05) is 6.07 Å². The third-order valence-electron chi connectivity index (χ3n) is 3.43. The Labute approximate surface area is 113 Å². The van der Waals surface area contributed by atoms with Gasteiger partial charge >= 0.3 is 5.69 Å². The fourth-order valence-corrected chi connectivity index (χ4v) is 2.40. The highest BCUT2D eigenvalue weighted by Crippen LogP contribution is 2.28. The first-order valence-electron chi connectivity index (χ1n) is 6.78. The van der Waals surface area contributed by atoms with Gasteiger partial charge in [0.25, 0.3) is 0 Å². The molecule has 1 aliphatic heterocycles. The molecule has 1 aromatic carbocycles. The number of aryl methyl sites for hydroxylation is 1. The Morgan fingerprint density at radius 3 is 3.05 bits per heavy atom. The van der Waals surface area contributed by atoms with E-state index in [0.29, 0.717) is 18.4 Å². The molecule has 5 heteroatoms. The van der Waals surface area contributed by atoms with Crippen LogP contribution in [0.1, 0.15) is 31.2 Å². The maximum Gasteiger partial charge on any atom is 0.310 e. The molecule has 0 saturated carbocycles. The highest BCUT2D eigenvalue weighted by atomic mass is 16.6. The second kappa shape index (κ2) is 6.52. The van der Waals surface area contributed by atoms with Crippen LogP contribution in [0.15, 0.2) is 18.2 Å². The molecule has 19 heavy (non-hydrogen) atoms. The Hall–Kier alpha value is -1.62. The van der Waals surface area contributed by atoms with E-state index in [4.69, 9.17) is 4.74 Å². The summed E-state index contributed by atoms with van der Waals surface area (Å²) in [5.74, 6) is 0.379. The Morgan fingerprint density at radius 1 is 1.53 bits per heavy atom. The predicted octanol–water partition coefficient (Wildman–Crippen LogP) is 2.81. The first-order valence-corrected chi connectivity index (χ1v) is 6.78. The summed E-state index contributed by atoms with van der Waals surface area (Å²) in [7, 11) is 0. The van der Waals surface area contributed by atoms with Crippen LogP contribution in [0.4, 0.5) is 5.69 Å². The first-order chi connectivity index (χ1) is 9.16. The Kier molecular flexibility index (Phi) is 4.74. The molecule has 0 aliphatic carbocycles. The van der Waals surface area contributed by atoms with Crippen molar-refractivity contribution in [2.45, 2.75) is 38.6 Å². The predicted molar refractivity (Wildman–Crippen MR) is 73.6 cm³/mol. The van der Waals surface area contributed by atoms with E-state index < -0.39 is 4.92 Å². The minimum atomic E-state index is -0.396. The lowest BCUT2D eigenvalue weighted by atomic mass is 10.1. The highest BCUT2D eigenvalue weighted by Gasteiger charge is 2.16. The zero-order chi connectivity index (χ0) is 13.7. The zero-order valence-corrected chi connectivity index (χ0v) is 11.2. The van der Waals surface area contributed by atoms with Crippen molar-refractivity contribution in [1.82, 2.24) is 5.32 Å². The molecule has 0 radical (unpaired) electrons. The molecule has 5 nitrogen and oxygen atoms in total. The largest absolute Gasteiger partial charge is 0.487 e. The molecule has 1 heterocycles. The third kappa shape index (κ3) is 3.92. The van der Waals surface area contributed by atoms with Crippen molar-refractivity contribution in [2.24, 2.45) is 0 Å². The standard InChI is InChI=1S/C14H20N2O3/c1-11-6-7-13(16(17)18)14(10-11)19-9-3-5-12-4-2-8-15-12/h6-7,10,12,15H,2-5,8-9H2,1H3. The van der Waals surface area contributed by atoms with Crippen LogP contribution < -0.4 is 10.1 Å². The molecular weight excluding hydrogens is 244 g/mol. The molecule has 2 rings (SSSR count). The van der Waals surface area contributed by atoms with Crippen LogP contribution >= 0.6 is 0 Å². The van der Waals surface area contributed by atoms with E-state index in [2.05, 4.69) is 5.32 Å². The smallest absolute Gasteiger partial charge is 0.310 e. The molecule has 0 aromatic heterocycles. The number of benzene rings is 1. The molecule has 1 saturated heterocycles. The lowest BCUT2D eigenvalue weighted by molar-refractivity contribution is -0.385. The van der Waals surface area contributed by atoms with Crippen LogP contribution in [0.5, 0.6) is 5.75 Å². The number of rotatable bonds is 6. The van der Waals surface area contributed by atoms with Crippen molar-refractivity contribution in [3.63, 3.8) is 0 Å². The van der Waals surface area contributed by atoms with E-state index in [1.165, 1.54) is 18.9 Å². The second-order valence-corrected chi connectivity index (χ2v) is 5.01. The molecule has 1 atom stereocenters. The maximum absolute atomic E-state index is 10.9. The van der Waals surface area contributed by atoms with Crippen molar-refractivity contribution in [3.8, 4) is 5.75 Å². The summed E-state index contributed by atoms with van der Waals surface area (Å²) in [6, 6.07) is 5.55. The van der Waals surface area contributed by atoms with Crippen molar-refractivity contribution in [1.29, 1.82) is 0 Å². The number of hydrogen-bond acceptors (Lipinski definition) is 4. The summed E-state index contributed by atoms with van der Waals surface area (Å²) in [5, 5.41) is 14.3. The van der Waals surface area contributed by atoms with E-state index in [-0.39, 0.29) is 5.69 Å². The fourth-order valence-electron chi connectivity index (χ4n) is 2.40. The summed E-state index contributed by atoms with van der Waals surface area (Å²) in [4.78, 5) is 10.5. The third-order valence-corrected chi connectivity index (χ3v) is 3.43. The van der Waals surface area contributed by atoms with Crippen LogP contribution in [0, 0.1) is 17.0 Å². The zero-order valence-electron chi connectivity index (χ0n) is 11.2. The minimum absolute atomic E-state index is 0.0459. The van der Waals surface area contributed by atoms with Gasteiger partial charge in [-0.15, -0.1) is 0 Å². The van der Waals surface area contributed by atoms with Crippen molar-refractivity contribution in [2.75, 3.05) is 13.2 Å². The van der Waals surface area contributed by atoms with Crippen LogP contribution in [0.25, 0.3) is 0 Å². The monoisotopic (exact) mass is 264 g/mol. The lowest BCUT2D eigenvalue weighted by Crippen LogP contribution is -2.21. The minimum Gasteiger partial charge on any atom is -0.487 e. The molecule has 1 aromatic rings. The van der Waals surface area contributed by atoms with E-state index in [9.17, 15) is 10.1 Å². The second-order valence-electron chi connectivity index (χ2n) is 5.01. The average Bonchev–Trinajstić information content (AvgIpc) is 2.87. The van der Waals surface area contributed by atoms with Gasteiger partial charge in [0.2, 0.25) is 0 Å². The van der Waals surface area contributed by atoms with Gasteiger partial charge in [0.1, 0.15) is 0 Å². The van der Waals surface area contributed by atoms with Gasteiger partial charge in [-0.25, -0.2) is 0 Å². The summed E-state index contributed by atoms with van der Waals surface area (Å²) >= 11 is 0. The number of nitro benzene ring substituents is 1. The number of nitrogens with one attached hydrogen (secondary N) is 1. The summed E-state index contributed by atoms with van der Waals surface area (Å²) in [6.07, 6.45) is 4.46. The van der Waals surface area contributed by atoms with Gasteiger partial charge in [0.15, 0.2) is 5.75 Å². The molecule has 0 bridgehead atoms. The fraction of sp³-hybridized carbons (Fsp3) is 0.571. The SMILES string of the molecule is Cc1ccc([N+](=O)[O-])c(OCCCC2CCCN2)c1. The number of nitro groups is 1. The van der Waals surface area contributed by atoms with E-state index in [1.807, 2.05) is 6.92 Å². The number of hydrogen-bond donors (Lipinski definition) is 1. The van der Waals surface area contributed by atoms with Crippen molar-refractivity contribution >= 4 is 5.69 Å². The van der Waals surface area contributed by atoms with Gasteiger partial charge in [-0.3, -0.25) is 10.1 Å². The first kappa shape index (κ1) is 13.8. The van der Waals surface area contributed by atoms with E-state index >= 15 is 0 Å². The normalized spacial score (nSPS) is 18.5. The quantitative estimate of drug-likeness (QED) is 0.487. The highest BCUT2D eigenvalue weighted by molar-refractivity contribution is 5.48. The van der Waals surface area contributed by atoms with Crippen LogP contribution in [-0.4, -0.2) is 24.1 Å². The molecular formula is C14H20N2O3. The van der Waals surface area contributed by atoms with E-state index in [1.54, 1.807) is 12.1 Å². The van der Waals surface area contributed by atoms with Gasteiger partial charge in [0, 0.05) is 12.1 Å². The Balaban J connectivity index is 1.84. The van der Waals surface area contributed by atoms with Crippen LogP contribution in [-0.2, 0) is 0 Å².